The zero-order valence-corrected chi connectivity index (χ0v) is 26.9. The molecule has 0 saturated heterocycles. The Morgan fingerprint density at radius 1 is 0.185 bits per heavy atom. The molecule has 0 atom stereocenters. The molecule has 7 rings (SSSR count). The van der Waals surface area contributed by atoms with Crippen LogP contribution in [0.15, 0.2) is 109 Å². The van der Waals surface area contributed by atoms with Crippen molar-refractivity contribution in [2.75, 3.05) is 0 Å². The molecule has 12 heteroatoms. The summed E-state index contributed by atoms with van der Waals surface area (Å²) in [6.45, 7) is 0. The summed E-state index contributed by atoms with van der Waals surface area (Å²) in [7, 11) is 0. The van der Waals surface area contributed by atoms with Gasteiger partial charge in [-0.3, -0.25) is 0 Å². The molecule has 270 valence electrons. The lowest BCUT2D eigenvalue weighted by Crippen LogP contribution is -2.07. The van der Waals surface area contributed by atoms with Gasteiger partial charge in [0.1, 0.15) is 0 Å². The first kappa shape index (κ1) is 36.1. The maximum atomic E-state index is 15.9. The van der Waals surface area contributed by atoms with Gasteiger partial charge >= 0.3 is 0 Å². The number of hydrogen-bond donors (Lipinski definition) is 0. The molecular formula is C42H18F12. The molecule has 0 aliphatic heterocycles. The van der Waals surface area contributed by atoms with Crippen molar-refractivity contribution in [3.05, 3.63) is 179 Å². The highest BCUT2D eigenvalue weighted by molar-refractivity contribution is 5.85. The number of rotatable bonds is 6. The predicted octanol–water partition coefficient (Wildman–Crippen LogP) is 13.4. The molecule has 0 fully saturated rings. The van der Waals surface area contributed by atoms with E-state index in [1.165, 1.54) is 54.6 Å². The standard InChI is InChI=1S/C42H18F12/c43-31-25(19-10-4-1-5-11-19)32(44)38(50)28(37(31)49)22-16-23(29-39(51)33(45)26(34(46)40(29)52)20-12-6-2-7-13-20)18-24(17-22)30-41(53)35(47)27(36(48)42(30)54)21-14-8-3-9-15-21/h1-18H. The maximum absolute atomic E-state index is 15.9. The van der Waals surface area contributed by atoms with Crippen molar-refractivity contribution in [1.82, 2.24) is 0 Å². The molecule has 0 spiro atoms. The van der Waals surface area contributed by atoms with Crippen LogP contribution in [0.25, 0.3) is 66.8 Å². The Hall–Kier alpha value is -6.30. The topological polar surface area (TPSA) is 0 Å². The molecule has 0 aliphatic carbocycles. The van der Waals surface area contributed by atoms with E-state index in [0.29, 0.717) is 18.2 Å². The van der Waals surface area contributed by atoms with Gasteiger partial charge in [-0.05, 0) is 51.6 Å². The second kappa shape index (κ2) is 13.9. The van der Waals surface area contributed by atoms with Crippen LogP contribution in [0, 0.1) is 69.8 Å². The Bertz CT molecular complexity index is 2220. The predicted molar refractivity (Wildman–Crippen MR) is 179 cm³/mol. The van der Waals surface area contributed by atoms with Crippen LogP contribution < -0.4 is 0 Å². The van der Waals surface area contributed by atoms with Gasteiger partial charge in [0.15, 0.2) is 69.8 Å². The van der Waals surface area contributed by atoms with Gasteiger partial charge in [-0.25, -0.2) is 52.7 Å². The Morgan fingerprint density at radius 2 is 0.333 bits per heavy atom. The quantitative estimate of drug-likeness (QED) is 0.117. The van der Waals surface area contributed by atoms with E-state index >= 15 is 52.7 Å². The fraction of sp³-hybridized carbons (Fsp3) is 0. The van der Waals surface area contributed by atoms with Gasteiger partial charge in [0, 0.05) is 0 Å². The van der Waals surface area contributed by atoms with Gasteiger partial charge in [-0.1, -0.05) is 91.0 Å². The highest BCUT2D eigenvalue weighted by Gasteiger charge is 2.33. The van der Waals surface area contributed by atoms with Crippen molar-refractivity contribution in [1.29, 1.82) is 0 Å². The molecule has 0 heterocycles. The lowest BCUT2D eigenvalue weighted by Gasteiger charge is -2.18. The molecule has 0 aromatic heterocycles. The van der Waals surface area contributed by atoms with Crippen LogP contribution in [-0.2, 0) is 0 Å². The second-order valence-electron chi connectivity index (χ2n) is 11.9. The minimum Gasteiger partial charge on any atom is -0.203 e. The fourth-order valence-corrected chi connectivity index (χ4v) is 6.29. The van der Waals surface area contributed by atoms with E-state index < -0.39 is 120 Å². The van der Waals surface area contributed by atoms with Crippen LogP contribution in [0.1, 0.15) is 0 Å². The minimum absolute atomic E-state index is 0.312. The Balaban J connectivity index is 1.56. The molecule has 0 aliphatic rings. The lowest BCUT2D eigenvalue weighted by atomic mass is 9.89. The normalized spacial score (nSPS) is 11.3. The molecule has 0 N–H and O–H groups in total. The summed E-state index contributed by atoms with van der Waals surface area (Å²) < 4.78 is 189. The fourth-order valence-electron chi connectivity index (χ4n) is 6.29. The zero-order valence-electron chi connectivity index (χ0n) is 26.9. The second-order valence-corrected chi connectivity index (χ2v) is 11.9. The third-order valence-corrected chi connectivity index (χ3v) is 8.78. The SMILES string of the molecule is Fc1c(F)c(-c2cc(-c3c(F)c(F)c(-c4ccccc4)c(F)c3F)cc(-c3c(F)c(F)c(-c4ccccc4)c(F)c3F)c2)c(F)c(F)c1-c1ccccc1. The molecule has 0 bridgehead atoms. The number of benzene rings is 7. The third kappa shape index (κ3) is 5.78. The number of halogens is 12. The van der Waals surface area contributed by atoms with Gasteiger partial charge in [-0.15, -0.1) is 0 Å². The highest BCUT2D eigenvalue weighted by atomic mass is 19.2. The highest BCUT2D eigenvalue weighted by Crippen LogP contribution is 2.45. The summed E-state index contributed by atoms with van der Waals surface area (Å²) in [5.41, 5.74) is -12.5. The van der Waals surface area contributed by atoms with Gasteiger partial charge in [0.2, 0.25) is 0 Å². The van der Waals surface area contributed by atoms with Crippen molar-refractivity contribution in [3.63, 3.8) is 0 Å². The van der Waals surface area contributed by atoms with Crippen LogP contribution >= 0.6 is 0 Å². The van der Waals surface area contributed by atoms with Crippen LogP contribution in [-0.4, -0.2) is 0 Å². The summed E-state index contributed by atoms with van der Waals surface area (Å²) in [5.74, 6) is -24.4. The van der Waals surface area contributed by atoms with Crippen molar-refractivity contribution >= 4 is 0 Å². The summed E-state index contributed by atoms with van der Waals surface area (Å²) in [6.07, 6.45) is 0. The van der Waals surface area contributed by atoms with E-state index in [-0.39, 0.29) is 16.7 Å². The first-order chi connectivity index (χ1) is 25.8. The van der Waals surface area contributed by atoms with Gasteiger partial charge in [-0.2, -0.15) is 0 Å². The monoisotopic (exact) mass is 750 g/mol. The van der Waals surface area contributed by atoms with Gasteiger partial charge < -0.3 is 0 Å². The smallest absolute Gasteiger partial charge is 0.170 e. The maximum Gasteiger partial charge on any atom is 0.170 e. The largest absolute Gasteiger partial charge is 0.203 e. The van der Waals surface area contributed by atoms with Gasteiger partial charge in [0.25, 0.3) is 0 Å². The zero-order chi connectivity index (χ0) is 38.6. The molecule has 0 saturated carbocycles. The Morgan fingerprint density at radius 3 is 0.500 bits per heavy atom. The van der Waals surface area contributed by atoms with Crippen molar-refractivity contribution in [2.45, 2.75) is 0 Å². The van der Waals surface area contributed by atoms with Gasteiger partial charge in [0.05, 0.1) is 33.4 Å². The molecular weight excluding hydrogens is 732 g/mol. The lowest BCUT2D eigenvalue weighted by molar-refractivity contribution is 0.462. The Labute approximate surface area is 298 Å². The van der Waals surface area contributed by atoms with Crippen molar-refractivity contribution in [2.24, 2.45) is 0 Å². The van der Waals surface area contributed by atoms with E-state index in [2.05, 4.69) is 0 Å². The first-order valence-corrected chi connectivity index (χ1v) is 15.7. The molecule has 7 aromatic carbocycles. The Kier molecular flexibility index (Phi) is 9.30. The van der Waals surface area contributed by atoms with E-state index in [1.807, 2.05) is 0 Å². The molecule has 7 aromatic rings. The third-order valence-electron chi connectivity index (χ3n) is 8.78. The van der Waals surface area contributed by atoms with Crippen molar-refractivity contribution in [3.8, 4) is 66.8 Å². The van der Waals surface area contributed by atoms with Crippen LogP contribution in [0.5, 0.6) is 0 Å². The van der Waals surface area contributed by atoms with Crippen LogP contribution in [0.4, 0.5) is 52.7 Å². The molecule has 0 radical (unpaired) electrons. The van der Waals surface area contributed by atoms with Crippen LogP contribution in [0.3, 0.4) is 0 Å². The van der Waals surface area contributed by atoms with E-state index in [4.69, 9.17) is 0 Å². The summed E-state index contributed by atoms with van der Waals surface area (Å²) >= 11 is 0. The first-order valence-electron chi connectivity index (χ1n) is 15.7. The van der Waals surface area contributed by atoms with E-state index in [9.17, 15) is 0 Å². The van der Waals surface area contributed by atoms with Crippen LogP contribution in [0.2, 0.25) is 0 Å². The molecule has 0 unspecified atom stereocenters. The molecule has 0 nitrogen and oxygen atoms in total. The summed E-state index contributed by atoms with van der Waals surface area (Å²) in [4.78, 5) is 0. The van der Waals surface area contributed by atoms with E-state index in [1.54, 1.807) is 0 Å². The summed E-state index contributed by atoms with van der Waals surface area (Å²) in [6, 6.07) is 20.2. The van der Waals surface area contributed by atoms with E-state index in [0.717, 1.165) is 36.4 Å². The molecule has 0 amide bonds. The number of hydrogen-bond acceptors (Lipinski definition) is 0. The summed E-state index contributed by atoms with van der Waals surface area (Å²) in [5, 5.41) is 0. The average Bonchev–Trinajstić information content (AvgIpc) is 3.17. The average molecular weight is 751 g/mol. The minimum atomic E-state index is -2.11. The van der Waals surface area contributed by atoms with Crippen molar-refractivity contribution < 1.29 is 52.7 Å². The molecule has 54 heavy (non-hydrogen) atoms.